The summed E-state index contributed by atoms with van der Waals surface area (Å²) >= 11 is 0. The highest BCUT2D eigenvalue weighted by molar-refractivity contribution is 5.78. The standard InChI is InChI=1S/C16H30N2O3/c1-12(2)13(3)10-17-15(21)18-11-16(14(19)20)8-6-4-5-7-9-16/h12-13H,4-11H2,1-3H3,(H,19,20)(H2,17,18,21). The SMILES string of the molecule is CC(C)C(C)CNC(=O)NCC1(C(=O)O)CCCCCC1. The molecule has 1 rings (SSSR count). The molecular formula is C16H30N2O3. The first-order valence-corrected chi connectivity index (χ1v) is 8.12. The third-order valence-electron chi connectivity index (χ3n) is 4.82. The molecule has 1 aliphatic rings. The van der Waals surface area contributed by atoms with Crippen molar-refractivity contribution in [1.82, 2.24) is 10.6 Å². The van der Waals surface area contributed by atoms with Gasteiger partial charge >= 0.3 is 12.0 Å². The number of amides is 2. The Hall–Kier alpha value is -1.26. The number of urea groups is 1. The number of hydrogen-bond acceptors (Lipinski definition) is 2. The molecule has 21 heavy (non-hydrogen) atoms. The Morgan fingerprint density at radius 1 is 1.05 bits per heavy atom. The molecule has 122 valence electrons. The molecule has 1 aliphatic carbocycles. The molecule has 1 saturated carbocycles. The minimum Gasteiger partial charge on any atom is -0.481 e. The van der Waals surface area contributed by atoms with Gasteiger partial charge in [0.2, 0.25) is 0 Å². The van der Waals surface area contributed by atoms with Crippen LogP contribution in [0.5, 0.6) is 0 Å². The molecule has 0 saturated heterocycles. The number of rotatable bonds is 6. The van der Waals surface area contributed by atoms with E-state index in [0.717, 1.165) is 25.7 Å². The van der Waals surface area contributed by atoms with Crippen LogP contribution in [-0.4, -0.2) is 30.2 Å². The van der Waals surface area contributed by atoms with E-state index in [4.69, 9.17) is 0 Å². The number of carbonyl (C=O) groups excluding carboxylic acids is 1. The molecule has 0 radical (unpaired) electrons. The van der Waals surface area contributed by atoms with E-state index in [0.29, 0.717) is 31.2 Å². The van der Waals surface area contributed by atoms with Gasteiger partial charge in [-0.15, -0.1) is 0 Å². The maximum absolute atomic E-state index is 11.8. The van der Waals surface area contributed by atoms with E-state index in [1.54, 1.807) is 0 Å². The van der Waals surface area contributed by atoms with Gasteiger partial charge in [0.1, 0.15) is 0 Å². The van der Waals surface area contributed by atoms with Crippen LogP contribution < -0.4 is 10.6 Å². The number of carboxylic acid groups (broad SMARTS) is 1. The smallest absolute Gasteiger partial charge is 0.314 e. The van der Waals surface area contributed by atoms with Gasteiger partial charge in [-0.3, -0.25) is 4.79 Å². The van der Waals surface area contributed by atoms with Crippen molar-refractivity contribution in [3.63, 3.8) is 0 Å². The van der Waals surface area contributed by atoms with Crippen molar-refractivity contribution in [3.8, 4) is 0 Å². The van der Waals surface area contributed by atoms with Crippen LogP contribution in [0.2, 0.25) is 0 Å². The van der Waals surface area contributed by atoms with Crippen molar-refractivity contribution in [2.45, 2.75) is 59.3 Å². The summed E-state index contributed by atoms with van der Waals surface area (Å²) in [7, 11) is 0. The molecule has 0 aromatic carbocycles. The molecular weight excluding hydrogens is 268 g/mol. The van der Waals surface area contributed by atoms with E-state index in [2.05, 4.69) is 31.4 Å². The van der Waals surface area contributed by atoms with Crippen LogP contribution in [0.4, 0.5) is 4.79 Å². The van der Waals surface area contributed by atoms with Crippen molar-refractivity contribution in [2.24, 2.45) is 17.3 Å². The summed E-state index contributed by atoms with van der Waals surface area (Å²) in [6, 6.07) is -0.257. The van der Waals surface area contributed by atoms with E-state index in [-0.39, 0.29) is 12.6 Å². The Bertz CT molecular complexity index is 347. The number of nitrogens with one attached hydrogen (secondary N) is 2. The zero-order valence-corrected chi connectivity index (χ0v) is 13.6. The van der Waals surface area contributed by atoms with Crippen LogP contribution in [0, 0.1) is 17.3 Å². The van der Waals surface area contributed by atoms with Crippen LogP contribution in [0.3, 0.4) is 0 Å². The minimum absolute atomic E-state index is 0.226. The minimum atomic E-state index is -0.780. The molecule has 0 spiro atoms. The Balaban J connectivity index is 2.46. The molecule has 2 amide bonds. The van der Waals surface area contributed by atoms with Crippen LogP contribution in [0.15, 0.2) is 0 Å². The van der Waals surface area contributed by atoms with Gasteiger partial charge in [0, 0.05) is 13.1 Å². The fourth-order valence-electron chi connectivity index (χ4n) is 2.67. The zero-order chi connectivity index (χ0) is 15.9. The van der Waals surface area contributed by atoms with Gasteiger partial charge in [0.05, 0.1) is 5.41 Å². The molecule has 0 bridgehead atoms. The zero-order valence-electron chi connectivity index (χ0n) is 13.6. The van der Waals surface area contributed by atoms with Crippen molar-refractivity contribution >= 4 is 12.0 Å². The molecule has 1 fully saturated rings. The Labute approximate surface area is 127 Å². The number of aliphatic carboxylic acids is 1. The second-order valence-corrected chi connectivity index (χ2v) is 6.78. The summed E-state index contributed by atoms with van der Waals surface area (Å²) in [6.45, 7) is 7.17. The average molecular weight is 298 g/mol. The molecule has 5 nitrogen and oxygen atoms in total. The largest absolute Gasteiger partial charge is 0.481 e. The lowest BCUT2D eigenvalue weighted by molar-refractivity contribution is -0.149. The van der Waals surface area contributed by atoms with Gasteiger partial charge in [-0.2, -0.15) is 0 Å². The van der Waals surface area contributed by atoms with E-state index >= 15 is 0 Å². The van der Waals surface area contributed by atoms with Crippen molar-refractivity contribution < 1.29 is 14.7 Å². The molecule has 0 aliphatic heterocycles. The van der Waals surface area contributed by atoms with Crippen molar-refractivity contribution in [3.05, 3.63) is 0 Å². The molecule has 0 aromatic rings. The second kappa shape index (κ2) is 8.25. The van der Waals surface area contributed by atoms with E-state index < -0.39 is 11.4 Å². The van der Waals surface area contributed by atoms with Crippen LogP contribution in [0.25, 0.3) is 0 Å². The maximum atomic E-state index is 11.8. The fraction of sp³-hybridized carbons (Fsp3) is 0.875. The number of carbonyl (C=O) groups is 2. The van der Waals surface area contributed by atoms with Gasteiger partial charge < -0.3 is 15.7 Å². The van der Waals surface area contributed by atoms with Crippen LogP contribution in [-0.2, 0) is 4.79 Å². The molecule has 3 N–H and O–H groups in total. The van der Waals surface area contributed by atoms with Gasteiger partial charge in [-0.1, -0.05) is 46.5 Å². The van der Waals surface area contributed by atoms with Gasteiger partial charge in [-0.05, 0) is 24.7 Å². The first-order chi connectivity index (χ1) is 9.87. The quantitative estimate of drug-likeness (QED) is 0.660. The van der Waals surface area contributed by atoms with Crippen molar-refractivity contribution in [1.29, 1.82) is 0 Å². The third kappa shape index (κ3) is 5.56. The molecule has 0 heterocycles. The highest BCUT2D eigenvalue weighted by atomic mass is 16.4. The number of hydrogen-bond donors (Lipinski definition) is 3. The third-order valence-corrected chi connectivity index (χ3v) is 4.82. The highest BCUT2D eigenvalue weighted by Gasteiger charge is 2.38. The molecule has 0 aromatic heterocycles. The summed E-state index contributed by atoms with van der Waals surface area (Å²) < 4.78 is 0. The van der Waals surface area contributed by atoms with E-state index in [1.165, 1.54) is 0 Å². The Kier molecular flexibility index (Phi) is 6.99. The summed E-state index contributed by atoms with van der Waals surface area (Å²) in [5.74, 6) is 0.139. The monoisotopic (exact) mass is 298 g/mol. The molecule has 1 unspecified atom stereocenters. The maximum Gasteiger partial charge on any atom is 0.314 e. The van der Waals surface area contributed by atoms with Gasteiger partial charge in [-0.25, -0.2) is 4.79 Å². The summed E-state index contributed by atoms with van der Waals surface area (Å²) in [5.41, 5.74) is -0.780. The molecule has 5 heteroatoms. The van der Waals surface area contributed by atoms with Gasteiger partial charge in [0.15, 0.2) is 0 Å². The number of carboxylic acids is 1. The van der Waals surface area contributed by atoms with Crippen molar-refractivity contribution in [2.75, 3.05) is 13.1 Å². The normalized spacial score (nSPS) is 19.6. The van der Waals surface area contributed by atoms with E-state index in [9.17, 15) is 14.7 Å². The predicted octanol–water partition coefficient (Wildman–Crippen LogP) is 3.00. The highest BCUT2D eigenvalue weighted by Crippen LogP contribution is 2.34. The van der Waals surface area contributed by atoms with Crippen LogP contribution >= 0.6 is 0 Å². The first kappa shape index (κ1) is 17.8. The lowest BCUT2D eigenvalue weighted by atomic mass is 9.80. The summed E-state index contributed by atoms with van der Waals surface area (Å²) in [6.07, 6.45) is 5.36. The lowest BCUT2D eigenvalue weighted by Gasteiger charge is -2.28. The lowest BCUT2D eigenvalue weighted by Crippen LogP contribution is -2.47. The average Bonchev–Trinajstić information content (AvgIpc) is 2.68. The summed E-state index contributed by atoms with van der Waals surface area (Å²) in [5, 5.41) is 15.1. The fourth-order valence-corrected chi connectivity index (χ4v) is 2.67. The van der Waals surface area contributed by atoms with Crippen LogP contribution in [0.1, 0.15) is 59.3 Å². The Morgan fingerprint density at radius 2 is 1.62 bits per heavy atom. The molecule has 1 atom stereocenters. The summed E-state index contributed by atoms with van der Waals surface area (Å²) in [4.78, 5) is 23.5. The van der Waals surface area contributed by atoms with E-state index in [1.807, 2.05) is 0 Å². The Morgan fingerprint density at radius 3 is 2.10 bits per heavy atom. The van der Waals surface area contributed by atoms with Gasteiger partial charge in [0.25, 0.3) is 0 Å². The topological polar surface area (TPSA) is 78.4 Å². The predicted molar refractivity (Wildman–Crippen MR) is 83.2 cm³/mol. The second-order valence-electron chi connectivity index (χ2n) is 6.78. The first-order valence-electron chi connectivity index (χ1n) is 8.12.